The van der Waals surface area contributed by atoms with E-state index < -0.39 is 6.10 Å². The maximum atomic E-state index is 13.0. The minimum absolute atomic E-state index is 0.0249. The smallest absolute Gasteiger partial charge is 0.266 e. The van der Waals surface area contributed by atoms with Gasteiger partial charge in [-0.25, -0.2) is 4.39 Å². The molecule has 0 radical (unpaired) electrons. The highest BCUT2D eigenvalue weighted by Gasteiger charge is 2.32. The Bertz CT molecular complexity index is 908. The molecule has 2 aliphatic rings. The van der Waals surface area contributed by atoms with Crippen molar-refractivity contribution in [1.82, 2.24) is 9.80 Å². The SMILES string of the molecule is Cc1ccc2c(c1)NC(=O)C(CC(=O)N1CCN(Cc3ccc(F)cc3)CC1)O2. The van der Waals surface area contributed by atoms with E-state index in [1.165, 1.54) is 12.1 Å². The molecule has 1 atom stereocenters. The minimum Gasteiger partial charge on any atom is -0.478 e. The molecule has 0 spiro atoms. The van der Waals surface area contributed by atoms with Crippen LogP contribution in [-0.2, 0) is 16.1 Å². The summed E-state index contributed by atoms with van der Waals surface area (Å²) < 4.78 is 18.8. The summed E-state index contributed by atoms with van der Waals surface area (Å²) in [6.45, 7) is 5.35. The molecule has 1 N–H and O–H groups in total. The lowest BCUT2D eigenvalue weighted by Crippen LogP contribution is -2.50. The first-order valence-electron chi connectivity index (χ1n) is 9.81. The number of piperazine rings is 1. The Balaban J connectivity index is 1.29. The fraction of sp³-hybridized carbons (Fsp3) is 0.364. The number of ether oxygens (including phenoxy) is 1. The van der Waals surface area contributed by atoms with Crippen molar-refractivity contribution in [2.75, 3.05) is 31.5 Å². The Morgan fingerprint density at radius 1 is 1.14 bits per heavy atom. The Hall–Kier alpha value is -2.93. The van der Waals surface area contributed by atoms with Crippen molar-refractivity contribution in [3.63, 3.8) is 0 Å². The standard InChI is InChI=1S/C22H24FN3O3/c1-15-2-7-19-18(12-15)24-22(28)20(29-19)13-21(27)26-10-8-25(9-11-26)14-16-3-5-17(23)6-4-16/h2-7,12,20H,8-11,13-14H2,1H3,(H,24,28). The average Bonchev–Trinajstić information content (AvgIpc) is 2.71. The third kappa shape index (κ3) is 4.56. The number of nitrogens with zero attached hydrogens (tertiary/aromatic N) is 2. The van der Waals surface area contributed by atoms with Crippen LogP contribution in [0.15, 0.2) is 42.5 Å². The van der Waals surface area contributed by atoms with Crippen LogP contribution in [0, 0.1) is 12.7 Å². The molecule has 1 unspecified atom stereocenters. The Morgan fingerprint density at radius 2 is 1.86 bits per heavy atom. The zero-order valence-electron chi connectivity index (χ0n) is 16.4. The largest absolute Gasteiger partial charge is 0.478 e. The maximum Gasteiger partial charge on any atom is 0.266 e. The van der Waals surface area contributed by atoms with Crippen LogP contribution >= 0.6 is 0 Å². The van der Waals surface area contributed by atoms with Crippen molar-refractivity contribution >= 4 is 17.5 Å². The van der Waals surface area contributed by atoms with Gasteiger partial charge in [0.1, 0.15) is 11.6 Å². The molecule has 2 heterocycles. The summed E-state index contributed by atoms with van der Waals surface area (Å²) in [4.78, 5) is 29.0. The van der Waals surface area contributed by atoms with Gasteiger partial charge in [-0.3, -0.25) is 14.5 Å². The van der Waals surface area contributed by atoms with E-state index in [9.17, 15) is 14.0 Å². The molecule has 2 aromatic carbocycles. The van der Waals surface area contributed by atoms with Gasteiger partial charge in [-0.15, -0.1) is 0 Å². The highest BCUT2D eigenvalue weighted by Crippen LogP contribution is 2.31. The van der Waals surface area contributed by atoms with E-state index in [1.807, 2.05) is 25.1 Å². The van der Waals surface area contributed by atoms with Gasteiger partial charge in [0.15, 0.2) is 6.10 Å². The molecule has 1 fully saturated rings. The van der Waals surface area contributed by atoms with Crippen LogP contribution in [-0.4, -0.2) is 53.9 Å². The molecule has 2 amide bonds. The summed E-state index contributed by atoms with van der Waals surface area (Å²) >= 11 is 0. The number of carbonyl (C=O) groups excluding carboxylic acids is 2. The van der Waals surface area contributed by atoms with Gasteiger partial charge in [-0.1, -0.05) is 18.2 Å². The first kappa shape index (κ1) is 19.4. The van der Waals surface area contributed by atoms with Crippen molar-refractivity contribution in [3.05, 3.63) is 59.4 Å². The maximum absolute atomic E-state index is 13.0. The van der Waals surface area contributed by atoms with E-state index in [4.69, 9.17) is 4.74 Å². The van der Waals surface area contributed by atoms with Crippen LogP contribution in [0.5, 0.6) is 5.75 Å². The van der Waals surface area contributed by atoms with Gasteiger partial charge in [-0.05, 0) is 42.3 Å². The van der Waals surface area contributed by atoms with Crippen LogP contribution in [0.2, 0.25) is 0 Å². The molecular formula is C22H24FN3O3. The number of halogens is 1. The van der Waals surface area contributed by atoms with Crippen molar-refractivity contribution in [3.8, 4) is 5.75 Å². The topological polar surface area (TPSA) is 61.9 Å². The molecule has 29 heavy (non-hydrogen) atoms. The number of hydrogen-bond acceptors (Lipinski definition) is 4. The molecule has 4 rings (SSSR count). The number of rotatable bonds is 4. The quantitative estimate of drug-likeness (QED) is 0.862. The number of amides is 2. The van der Waals surface area contributed by atoms with Crippen molar-refractivity contribution in [1.29, 1.82) is 0 Å². The Labute approximate surface area is 169 Å². The van der Waals surface area contributed by atoms with Crippen LogP contribution in [0.3, 0.4) is 0 Å². The Morgan fingerprint density at radius 3 is 2.59 bits per heavy atom. The molecule has 2 aromatic rings. The van der Waals surface area contributed by atoms with Crippen LogP contribution in [0.1, 0.15) is 17.5 Å². The zero-order valence-corrected chi connectivity index (χ0v) is 16.4. The Kier molecular flexibility index (Phi) is 5.49. The third-order valence-electron chi connectivity index (χ3n) is 5.36. The van der Waals surface area contributed by atoms with Gasteiger partial charge in [0.05, 0.1) is 12.1 Å². The van der Waals surface area contributed by atoms with Crippen molar-refractivity contribution in [2.24, 2.45) is 0 Å². The second-order valence-corrected chi connectivity index (χ2v) is 7.58. The monoisotopic (exact) mass is 397 g/mol. The van der Waals surface area contributed by atoms with Crippen LogP contribution in [0.25, 0.3) is 0 Å². The number of benzene rings is 2. The fourth-order valence-corrected chi connectivity index (χ4v) is 3.69. The van der Waals surface area contributed by atoms with Gasteiger partial charge in [-0.2, -0.15) is 0 Å². The number of carbonyl (C=O) groups is 2. The van der Waals surface area contributed by atoms with E-state index in [0.717, 1.165) is 30.8 Å². The number of fused-ring (bicyclic) bond motifs is 1. The minimum atomic E-state index is -0.810. The normalized spacial score (nSPS) is 19.3. The molecule has 0 saturated carbocycles. The van der Waals surface area contributed by atoms with Gasteiger partial charge in [0.25, 0.3) is 5.91 Å². The van der Waals surface area contributed by atoms with Crippen molar-refractivity contribution < 1.29 is 18.7 Å². The summed E-state index contributed by atoms with van der Waals surface area (Å²) in [6, 6.07) is 12.1. The van der Waals surface area contributed by atoms with E-state index >= 15 is 0 Å². The molecular weight excluding hydrogens is 373 g/mol. The van der Waals surface area contributed by atoms with Gasteiger partial charge < -0.3 is 15.0 Å². The summed E-state index contributed by atoms with van der Waals surface area (Å²) in [5, 5.41) is 2.83. The third-order valence-corrected chi connectivity index (χ3v) is 5.36. The predicted octanol–water partition coefficient (Wildman–Crippen LogP) is 2.57. The lowest BCUT2D eigenvalue weighted by atomic mass is 10.1. The lowest BCUT2D eigenvalue weighted by Gasteiger charge is -2.35. The molecule has 7 heteroatoms. The van der Waals surface area contributed by atoms with Crippen molar-refractivity contribution in [2.45, 2.75) is 26.0 Å². The molecule has 152 valence electrons. The predicted molar refractivity (Wildman–Crippen MR) is 107 cm³/mol. The number of nitrogens with one attached hydrogen (secondary N) is 1. The second-order valence-electron chi connectivity index (χ2n) is 7.58. The lowest BCUT2D eigenvalue weighted by molar-refractivity contribution is -0.138. The highest BCUT2D eigenvalue weighted by atomic mass is 19.1. The molecule has 6 nitrogen and oxygen atoms in total. The van der Waals surface area contributed by atoms with E-state index in [-0.39, 0.29) is 24.1 Å². The molecule has 1 saturated heterocycles. The summed E-state index contributed by atoms with van der Waals surface area (Å²) in [5.74, 6) is -0.0125. The first-order chi connectivity index (χ1) is 14.0. The average molecular weight is 397 g/mol. The molecule has 0 aromatic heterocycles. The number of aryl methyl sites for hydroxylation is 1. The van der Waals surface area contributed by atoms with E-state index in [2.05, 4.69) is 10.2 Å². The van der Waals surface area contributed by atoms with Gasteiger partial charge in [0.2, 0.25) is 5.91 Å². The highest BCUT2D eigenvalue weighted by molar-refractivity contribution is 6.00. The first-order valence-corrected chi connectivity index (χ1v) is 9.81. The van der Waals surface area contributed by atoms with E-state index in [1.54, 1.807) is 17.0 Å². The molecule has 0 bridgehead atoms. The summed E-state index contributed by atoms with van der Waals surface area (Å²) in [7, 11) is 0. The summed E-state index contributed by atoms with van der Waals surface area (Å²) in [6.07, 6.45) is -0.785. The number of anilines is 1. The molecule has 2 aliphatic heterocycles. The second kappa shape index (κ2) is 8.21. The van der Waals surface area contributed by atoms with Crippen LogP contribution in [0.4, 0.5) is 10.1 Å². The van der Waals surface area contributed by atoms with Gasteiger partial charge in [0, 0.05) is 32.7 Å². The molecule has 0 aliphatic carbocycles. The number of hydrogen-bond donors (Lipinski definition) is 1. The van der Waals surface area contributed by atoms with Gasteiger partial charge >= 0.3 is 0 Å². The van der Waals surface area contributed by atoms with Crippen LogP contribution < -0.4 is 10.1 Å². The summed E-state index contributed by atoms with van der Waals surface area (Å²) in [5.41, 5.74) is 2.72. The zero-order chi connectivity index (χ0) is 20.4. The fourth-order valence-electron chi connectivity index (χ4n) is 3.69. The van der Waals surface area contributed by atoms with E-state index in [0.29, 0.717) is 24.5 Å².